The van der Waals surface area contributed by atoms with Crippen molar-refractivity contribution >= 4 is 13.3 Å². The first-order valence-corrected chi connectivity index (χ1v) is 15.7. The molecule has 0 nitrogen and oxygen atoms in total. The van der Waals surface area contributed by atoms with Crippen molar-refractivity contribution in [2.45, 2.75) is 124 Å². The Balaban J connectivity index is 2.36. The summed E-state index contributed by atoms with van der Waals surface area (Å²) in [5.41, 5.74) is 7.81. The summed E-state index contributed by atoms with van der Waals surface area (Å²) >= 11 is 0. The molecule has 0 spiro atoms. The largest absolute Gasteiger partial charge is 0.0947 e. The van der Waals surface area contributed by atoms with Gasteiger partial charge in [-0.05, 0) is 63.2 Å². The molecule has 0 bridgehead atoms. The predicted octanol–water partition coefficient (Wildman–Crippen LogP) is 8.90. The minimum atomic E-state index is -1.72. The topological polar surface area (TPSA) is 0 Å². The minimum absolute atomic E-state index is 0.224. The van der Waals surface area contributed by atoms with Crippen molar-refractivity contribution in [1.82, 2.24) is 0 Å². The van der Waals surface area contributed by atoms with Gasteiger partial charge in [-0.25, -0.2) is 0 Å². The van der Waals surface area contributed by atoms with Crippen LogP contribution in [-0.4, -0.2) is 8.07 Å². The fourth-order valence-corrected chi connectivity index (χ4v) is 8.60. The average Bonchev–Trinajstić information content (AvgIpc) is 2.92. The lowest BCUT2D eigenvalue weighted by molar-refractivity contribution is 0.661. The molecule has 2 rings (SSSR count). The van der Waals surface area contributed by atoms with Gasteiger partial charge in [-0.1, -0.05) is 113 Å². The number of unbranched alkanes of at least 4 members (excludes halogenated alkanes) is 6. The molecule has 1 aromatic carbocycles. The van der Waals surface area contributed by atoms with Crippen LogP contribution in [0.15, 0.2) is 41.0 Å². The summed E-state index contributed by atoms with van der Waals surface area (Å²) in [5.74, 6) is 0. The Labute approximate surface area is 189 Å². The van der Waals surface area contributed by atoms with E-state index in [1.165, 1.54) is 75.4 Å². The summed E-state index contributed by atoms with van der Waals surface area (Å²) < 4.78 is 0. The summed E-state index contributed by atoms with van der Waals surface area (Å²) in [5, 5.41) is 1.89. The molecule has 0 radical (unpaired) electrons. The predicted molar refractivity (Wildman–Crippen MR) is 140 cm³/mol. The molecule has 0 aliphatic heterocycles. The Morgan fingerprint density at radius 3 is 1.63 bits per heavy atom. The quantitative estimate of drug-likeness (QED) is 0.232. The van der Waals surface area contributed by atoms with E-state index in [4.69, 9.17) is 0 Å². The molecule has 0 N–H and O–H groups in total. The fourth-order valence-electron chi connectivity index (χ4n) is 5.21. The van der Waals surface area contributed by atoms with Crippen molar-refractivity contribution in [2.75, 3.05) is 0 Å². The van der Waals surface area contributed by atoms with E-state index in [1.807, 2.05) is 0 Å². The highest BCUT2D eigenvalue weighted by Gasteiger charge is 2.46. The number of allylic oxidation sites excluding steroid dienone is 4. The second-order valence-electron chi connectivity index (χ2n) is 10.6. The van der Waals surface area contributed by atoms with Gasteiger partial charge >= 0.3 is 0 Å². The first-order valence-electron chi connectivity index (χ1n) is 12.7. The Kier molecular flexibility index (Phi) is 9.22. The van der Waals surface area contributed by atoms with Crippen LogP contribution in [0.4, 0.5) is 0 Å². The van der Waals surface area contributed by atoms with E-state index in [0.29, 0.717) is 0 Å². The molecule has 0 amide bonds. The molecule has 0 saturated heterocycles. The van der Waals surface area contributed by atoms with Crippen molar-refractivity contribution in [3.63, 3.8) is 0 Å². The van der Waals surface area contributed by atoms with E-state index in [9.17, 15) is 0 Å². The summed E-state index contributed by atoms with van der Waals surface area (Å²) in [6.07, 6.45) is 15.9. The molecule has 0 heterocycles. The summed E-state index contributed by atoms with van der Waals surface area (Å²) in [4.78, 5) is 0. The highest BCUT2D eigenvalue weighted by Crippen LogP contribution is 2.52. The van der Waals surface area contributed by atoms with Crippen LogP contribution in [0.5, 0.6) is 0 Å². The molecule has 0 aromatic heterocycles. The van der Waals surface area contributed by atoms with E-state index in [2.05, 4.69) is 78.9 Å². The van der Waals surface area contributed by atoms with E-state index >= 15 is 0 Å². The van der Waals surface area contributed by atoms with Gasteiger partial charge in [-0.3, -0.25) is 0 Å². The van der Waals surface area contributed by atoms with Gasteiger partial charge < -0.3 is 0 Å². The zero-order chi connectivity index (χ0) is 22.4. The van der Waals surface area contributed by atoms with Crippen LogP contribution in [-0.2, 0) is 12.8 Å². The number of aryl methyl sites for hydroxylation is 2. The van der Waals surface area contributed by atoms with E-state index in [1.54, 1.807) is 21.9 Å². The van der Waals surface area contributed by atoms with Crippen LogP contribution in [0, 0.1) is 0 Å². The maximum atomic E-state index is 2.61. The van der Waals surface area contributed by atoms with Gasteiger partial charge in [0.05, 0.1) is 8.07 Å². The normalized spacial score (nSPS) is 19.5. The number of benzene rings is 1. The summed E-state index contributed by atoms with van der Waals surface area (Å²) in [7, 11) is -1.72. The second-order valence-corrected chi connectivity index (χ2v) is 15.4. The molecule has 168 valence electrons. The van der Waals surface area contributed by atoms with Gasteiger partial charge in [-0.15, -0.1) is 0 Å². The lowest BCUT2D eigenvalue weighted by atomic mass is 10.0. The van der Waals surface area contributed by atoms with Gasteiger partial charge in [0.25, 0.3) is 0 Å². The SMILES string of the molecule is CCCCCCc1cc(CCCCCC)cc([Si](C)(C)C2(C)C=C(C)C(C)=C2C)c1. The number of hydrogen-bond acceptors (Lipinski definition) is 0. The van der Waals surface area contributed by atoms with Crippen molar-refractivity contribution < 1.29 is 0 Å². The third-order valence-corrected chi connectivity index (χ3v) is 13.0. The number of rotatable bonds is 12. The zero-order valence-corrected chi connectivity index (χ0v) is 22.4. The first-order chi connectivity index (χ1) is 14.2. The maximum Gasteiger partial charge on any atom is 0.0947 e. The van der Waals surface area contributed by atoms with Gasteiger partial charge in [0.1, 0.15) is 0 Å². The minimum Gasteiger partial charge on any atom is -0.0737 e. The van der Waals surface area contributed by atoms with Gasteiger partial charge in [-0.2, -0.15) is 0 Å². The molecule has 1 aromatic rings. The third kappa shape index (κ3) is 5.58. The average molecular weight is 425 g/mol. The van der Waals surface area contributed by atoms with Gasteiger partial charge in [0.15, 0.2) is 0 Å². The van der Waals surface area contributed by atoms with Crippen molar-refractivity contribution in [3.8, 4) is 0 Å². The van der Waals surface area contributed by atoms with Crippen LogP contribution in [0.3, 0.4) is 0 Å². The van der Waals surface area contributed by atoms with Crippen LogP contribution >= 0.6 is 0 Å². The van der Waals surface area contributed by atoms with Crippen molar-refractivity contribution in [3.05, 3.63) is 52.1 Å². The van der Waals surface area contributed by atoms with Crippen LogP contribution in [0.2, 0.25) is 18.1 Å². The Hall–Kier alpha value is -1.08. The smallest absolute Gasteiger partial charge is 0.0737 e. The standard InChI is InChI=1S/C29H48Si/c1-9-11-13-15-17-26-19-27(18-16-14-12-10-2)21-28(20-26)30(7,8)29(6)22-23(3)24(4)25(29)5/h19-22H,9-18H2,1-8H3. The molecule has 30 heavy (non-hydrogen) atoms. The van der Waals surface area contributed by atoms with Crippen LogP contribution in [0.25, 0.3) is 0 Å². The van der Waals surface area contributed by atoms with Crippen LogP contribution in [0.1, 0.15) is 104 Å². The maximum absolute atomic E-state index is 2.61. The Morgan fingerprint density at radius 1 is 0.733 bits per heavy atom. The second kappa shape index (κ2) is 11.0. The monoisotopic (exact) mass is 424 g/mol. The molecule has 1 unspecified atom stereocenters. The fraction of sp³-hybridized carbons (Fsp3) is 0.655. The summed E-state index contributed by atoms with van der Waals surface area (Å²) in [6, 6.07) is 7.74. The van der Waals surface area contributed by atoms with E-state index in [0.717, 1.165) is 0 Å². The third-order valence-electron chi connectivity index (χ3n) is 8.15. The van der Waals surface area contributed by atoms with Gasteiger partial charge in [0.2, 0.25) is 0 Å². The molecule has 0 saturated carbocycles. The first kappa shape index (κ1) is 25.2. The highest BCUT2D eigenvalue weighted by molar-refractivity contribution is 6.93. The molecule has 0 fully saturated rings. The molecule has 1 aliphatic rings. The van der Waals surface area contributed by atoms with Crippen molar-refractivity contribution in [1.29, 1.82) is 0 Å². The van der Waals surface area contributed by atoms with Gasteiger partial charge in [0, 0.05) is 5.04 Å². The van der Waals surface area contributed by atoms with Crippen molar-refractivity contribution in [2.24, 2.45) is 0 Å². The lowest BCUT2D eigenvalue weighted by Crippen LogP contribution is -2.51. The Bertz CT molecular complexity index is 734. The molecule has 1 heteroatoms. The summed E-state index contributed by atoms with van der Waals surface area (Å²) in [6.45, 7) is 19.3. The molecule has 1 atom stereocenters. The Morgan fingerprint density at radius 2 is 1.23 bits per heavy atom. The van der Waals surface area contributed by atoms with E-state index < -0.39 is 8.07 Å². The van der Waals surface area contributed by atoms with E-state index in [-0.39, 0.29) is 5.04 Å². The number of hydrogen-bond donors (Lipinski definition) is 0. The highest BCUT2D eigenvalue weighted by atomic mass is 28.3. The zero-order valence-electron chi connectivity index (χ0n) is 21.4. The lowest BCUT2D eigenvalue weighted by Gasteiger charge is -2.41. The molecular weight excluding hydrogens is 376 g/mol. The van der Waals surface area contributed by atoms with Crippen LogP contribution < -0.4 is 5.19 Å². The molecule has 1 aliphatic carbocycles. The molecular formula is C29H48Si.